The highest BCUT2D eigenvalue weighted by molar-refractivity contribution is 7.26. The van der Waals surface area contributed by atoms with Crippen LogP contribution in [0.3, 0.4) is 0 Å². The van der Waals surface area contributed by atoms with E-state index in [9.17, 15) is 0 Å². The normalized spacial score (nSPS) is 12.9. The summed E-state index contributed by atoms with van der Waals surface area (Å²) in [6.07, 6.45) is 0. The van der Waals surface area contributed by atoms with E-state index in [-0.39, 0.29) is 10.8 Å². The molecule has 680 valence electrons. The average molecular weight is 1850 g/mol. The van der Waals surface area contributed by atoms with E-state index in [1.54, 1.807) is 0 Å². The van der Waals surface area contributed by atoms with Crippen LogP contribution < -0.4 is 0 Å². The third-order valence-corrected chi connectivity index (χ3v) is 32.2. The van der Waals surface area contributed by atoms with Crippen LogP contribution in [-0.4, -0.2) is 27.4 Å². The molecule has 0 atom stereocenters. The van der Waals surface area contributed by atoms with E-state index in [1.165, 1.54) is 274 Å². The van der Waals surface area contributed by atoms with Crippen LogP contribution >= 0.6 is 11.3 Å². The lowest BCUT2D eigenvalue weighted by atomic mass is 9.80. The molecular formula is C136H100N6S. The maximum atomic E-state index is 2.45. The van der Waals surface area contributed by atoms with Gasteiger partial charge in [-0.25, -0.2) is 0 Å². The molecule has 0 aliphatic heterocycles. The summed E-state index contributed by atoms with van der Waals surface area (Å²) in [4.78, 5) is 0. The Labute approximate surface area is 834 Å². The SMILES string of the molecule is CC.CC1(C)c2ccc(-c3ccc4c(c3)c3ccccc3n4-c3ccccc3)cc2-c2cc(-n3c4ccccc4c4ccccc43)ccc21.Cc1cc(-c2ccc3c(c2)c2ccccc2n3-c2ccccc2)cc2c1C(C)(C)c1ccc(-n3c4ccccc4c4ccccc43)cc1-2.Cc1cc(-c2ccc3c(c2)c2ccccc2n3-c2ccccc2)cc2c1sc1ccc(-n3c4ccccc4c4ccccc43)cc12. The Kier molecular flexibility index (Phi) is 19.7. The molecule has 143 heavy (non-hydrogen) atoms. The van der Waals surface area contributed by atoms with E-state index in [1.807, 2.05) is 25.2 Å². The number of benzene rings is 21. The molecule has 2 aliphatic carbocycles. The van der Waals surface area contributed by atoms with Gasteiger partial charge < -0.3 is 27.4 Å². The minimum absolute atomic E-state index is 0.0738. The lowest BCUT2D eigenvalue weighted by molar-refractivity contribution is 0.655. The van der Waals surface area contributed by atoms with Gasteiger partial charge in [0.05, 0.1) is 66.2 Å². The molecule has 0 spiro atoms. The van der Waals surface area contributed by atoms with Crippen LogP contribution in [0.4, 0.5) is 0 Å². The van der Waals surface area contributed by atoms with Gasteiger partial charge in [0.2, 0.25) is 0 Å². The van der Waals surface area contributed by atoms with Gasteiger partial charge in [-0.15, -0.1) is 11.3 Å². The first-order chi connectivity index (χ1) is 70.3. The molecule has 0 N–H and O–H groups in total. The summed E-state index contributed by atoms with van der Waals surface area (Å²) in [7, 11) is 0. The number of thiophene rings is 1. The summed E-state index contributed by atoms with van der Waals surface area (Å²) in [5.41, 5.74) is 42.9. The molecule has 0 unspecified atom stereocenters. The van der Waals surface area contributed by atoms with Crippen molar-refractivity contribution in [1.82, 2.24) is 27.4 Å². The number of aromatic nitrogens is 6. The standard InChI is InChI=1S/C46H34N2.C45H32N2.C43H28N2S.C2H6/c1-29-25-31(30-21-24-44-38(26-30)36-17-9-12-20-43(36)47(44)32-13-5-4-6-14-32)27-39-37-28-33(22-23-40(37)46(2,3)45(29)39)48-41-18-10-7-15-34(41)35-16-8-11-19-42(35)48;1-45(2)39-23-20-29(30-21-25-44-38(27-30)35-16-8-11-19-43(35)46(44)31-12-4-3-5-13-31)26-36(39)37-28-32(22-24-40(37)45)47-41-17-9-6-14-33(41)34-15-7-10-18-42(34)47;1-27-23-29(28-19-21-41-35(24-28)34-15-7-10-18-40(34)44(41)30-11-3-2-4-12-30)25-37-36-26-31(20-22-42(36)46-43(27)37)45-38-16-8-5-13-32(38)33-14-6-9-17-39(33)45;1-2/h4-28H,1-3H3;3-28H,1-2H3;2-26H,1H3;1-2H3. The van der Waals surface area contributed by atoms with Gasteiger partial charge in [0.1, 0.15) is 0 Å². The second-order valence-corrected chi connectivity index (χ2v) is 40.6. The van der Waals surface area contributed by atoms with Crippen molar-refractivity contribution in [1.29, 1.82) is 0 Å². The highest BCUT2D eigenvalue weighted by atomic mass is 32.1. The monoisotopic (exact) mass is 1850 g/mol. The van der Waals surface area contributed by atoms with Crippen molar-refractivity contribution < 1.29 is 0 Å². The van der Waals surface area contributed by atoms with Crippen LogP contribution in [0.2, 0.25) is 0 Å². The largest absolute Gasteiger partial charge is 0.309 e. The number of nitrogens with zero attached hydrogens (tertiary/aromatic N) is 6. The molecule has 28 aromatic rings. The Morgan fingerprint density at radius 1 is 0.175 bits per heavy atom. The van der Waals surface area contributed by atoms with Gasteiger partial charge in [0.15, 0.2) is 0 Å². The summed E-state index contributed by atoms with van der Waals surface area (Å²) in [6.45, 7) is 18.0. The summed E-state index contributed by atoms with van der Waals surface area (Å²) >= 11 is 1.90. The molecule has 0 radical (unpaired) electrons. The van der Waals surface area contributed by atoms with Crippen LogP contribution in [0, 0.1) is 13.8 Å². The highest BCUT2D eigenvalue weighted by Crippen LogP contribution is 2.55. The van der Waals surface area contributed by atoms with E-state index in [0.717, 1.165) is 0 Å². The predicted octanol–water partition coefficient (Wildman–Crippen LogP) is 37.3. The molecule has 30 rings (SSSR count). The van der Waals surface area contributed by atoms with E-state index in [0.29, 0.717) is 0 Å². The van der Waals surface area contributed by atoms with Gasteiger partial charge in [0, 0.05) is 130 Å². The van der Waals surface area contributed by atoms with Crippen LogP contribution in [0.1, 0.15) is 74.9 Å². The van der Waals surface area contributed by atoms with Gasteiger partial charge in [-0.05, 0) is 297 Å². The molecule has 2 aliphatic rings. The molecule has 7 heteroatoms. The molecule has 7 heterocycles. The average Bonchev–Trinajstić information content (AvgIpc) is 1.55. The van der Waals surface area contributed by atoms with Crippen LogP contribution in [0.25, 0.3) is 241 Å². The summed E-state index contributed by atoms with van der Waals surface area (Å²) in [5, 5.41) is 18.0. The van der Waals surface area contributed by atoms with Crippen LogP contribution in [0.15, 0.2) is 461 Å². The van der Waals surface area contributed by atoms with Gasteiger partial charge in [-0.3, -0.25) is 0 Å². The molecular weight excluding hydrogens is 1750 g/mol. The van der Waals surface area contributed by atoms with Gasteiger partial charge >= 0.3 is 0 Å². The first-order valence-corrected chi connectivity index (χ1v) is 50.9. The van der Waals surface area contributed by atoms with Crippen LogP contribution in [-0.2, 0) is 10.8 Å². The third kappa shape index (κ3) is 13.2. The van der Waals surface area contributed by atoms with Crippen molar-refractivity contribution in [2.45, 2.75) is 66.2 Å². The minimum Gasteiger partial charge on any atom is -0.309 e. The maximum Gasteiger partial charge on any atom is 0.0541 e. The van der Waals surface area contributed by atoms with Gasteiger partial charge in [-0.1, -0.05) is 308 Å². The molecule has 6 nitrogen and oxygen atoms in total. The first-order valence-electron chi connectivity index (χ1n) is 50.1. The minimum atomic E-state index is -0.0836. The lowest BCUT2D eigenvalue weighted by Crippen LogP contribution is -2.16. The zero-order chi connectivity index (χ0) is 95.8. The van der Waals surface area contributed by atoms with Gasteiger partial charge in [0.25, 0.3) is 0 Å². The Balaban J connectivity index is 0.000000106. The van der Waals surface area contributed by atoms with Crippen molar-refractivity contribution in [2.75, 3.05) is 0 Å². The van der Waals surface area contributed by atoms with Crippen molar-refractivity contribution >= 4 is 162 Å². The van der Waals surface area contributed by atoms with Crippen molar-refractivity contribution in [3.8, 4) is 89.8 Å². The third-order valence-electron chi connectivity index (χ3n) is 30.9. The maximum absolute atomic E-state index is 2.45. The van der Waals surface area contributed by atoms with E-state index >= 15 is 0 Å². The van der Waals surface area contributed by atoms with E-state index < -0.39 is 0 Å². The number of hydrogen-bond acceptors (Lipinski definition) is 1. The van der Waals surface area contributed by atoms with Crippen molar-refractivity contribution in [2.24, 2.45) is 0 Å². The molecule has 0 amide bonds. The van der Waals surface area contributed by atoms with Crippen molar-refractivity contribution in [3.63, 3.8) is 0 Å². The fourth-order valence-corrected chi connectivity index (χ4v) is 25.7. The quantitative estimate of drug-likeness (QED) is 0.138. The number of hydrogen-bond donors (Lipinski definition) is 0. The molecule has 0 saturated heterocycles. The predicted molar refractivity (Wildman–Crippen MR) is 611 cm³/mol. The number of aryl methyl sites for hydroxylation is 2. The zero-order valence-electron chi connectivity index (χ0n) is 81.0. The number of rotatable bonds is 9. The topological polar surface area (TPSA) is 29.6 Å². The fraction of sp³-hybridized carbons (Fsp3) is 0.0735. The van der Waals surface area contributed by atoms with Gasteiger partial charge in [-0.2, -0.15) is 0 Å². The fourth-order valence-electron chi connectivity index (χ4n) is 24.6. The second kappa shape index (κ2) is 33.2. The Bertz CT molecular complexity index is 9940. The van der Waals surface area contributed by atoms with Crippen molar-refractivity contribution in [3.05, 3.63) is 494 Å². The first kappa shape index (κ1) is 84.9. The Morgan fingerprint density at radius 3 is 0.804 bits per heavy atom. The molecule has 0 bridgehead atoms. The lowest BCUT2D eigenvalue weighted by Gasteiger charge is -2.24. The van der Waals surface area contributed by atoms with Crippen LogP contribution in [0.5, 0.6) is 0 Å². The smallest absolute Gasteiger partial charge is 0.0541 e. The summed E-state index contributed by atoms with van der Waals surface area (Å²) in [5.74, 6) is 0. The molecule has 0 saturated carbocycles. The summed E-state index contributed by atoms with van der Waals surface area (Å²) < 4.78 is 17.1. The number of fused-ring (bicyclic) bond motifs is 27. The Morgan fingerprint density at radius 2 is 0.427 bits per heavy atom. The molecule has 21 aromatic carbocycles. The Hall–Kier alpha value is -17.4. The van der Waals surface area contributed by atoms with E-state index in [2.05, 4.69) is 530 Å². The zero-order valence-corrected chi connectivity index (χ0v) is 81.8. The van der Waals surface area contributed by atoms with E-state index in [4.69, 9.17) is 0 Å². The highest BCUT2D eigenvalue weighted by Gasteiger charge is 2.39. The number of para-hydroxylation sites is 12. The summed E-state index contributed by atoms with van der Waals surface area (Å²) in [6, 6.07) is 170. The molecule has 7 aromatic heterocycles. The molecule has 0 fully saturated rings. The second-order valence-electron chi connectivity index (χ2n) is 39.5.